The predicted octanol–water partition coefficient (Wildman–Crippen LogP) is 2.17. The number of likely N-dealkylation sites (tertiary alicyclic amines) is 1. The van der Waals surface area contributed by atoms with Crippen LogP contribution >= 0.6 is 0 Å². The molecule has 0 aromatic heterocycles. The van der Waals surface area contributed by atoms with Gasteiger partial charge in [0.25, 0.3) is 5.91 Å². The van der Waals surface area contributed by atoms with Crippen molar-refractivity contribution in [1.29, 1.82) is 0 Å². The fraction of sp³-hybridized carbons (Fsp3) is 0.381. The van der Waals surface area contributed by atoms with Crippen molar-refractivity contribution < 1.29 is 14.4 Å². The molecule has 1 fully saturated rings. The summed E-state index contributed by atoms with van der Waals surface area (Å²) in [6, 6.07) is 18.2. The SMILES string of the molecule is COc1ccccc1NC(=O)C[NH+]1CCC(Cc2ccccc2)CC1. The third-order valence-corrected chi connectivity index (χ3v) is 4.97. The largest absolute Gasteiger partial charge is 0.495 e. The van der Waals surface area contributed by atoms with Crippen molar-refractivity contribution in [3.05, 3.63) is 60.2 Å². The summed E-state index contributed by atoms with van der Waals surface area (Å²) in [6.45, 7) is 2.66. The number of amides is 1. The van der Waals surface area contributed by atoms with E-state index in [4.69, 9.17) is 4.74 Å². The third-order valence-electron chi connectivity index (χ3n) is 4.97. The number of hydrogen-bond acceptors (Lipinski definition) is 2. The average molecular weight is 339 g/mol. The highest BCUT2D eigenvalue weighted by Crippen LogP contribution is 2.22. The summed E-state index contributed by atoms with van der Waals surface area (Å²) in [7, 11) is 1.62. The summed E-state index contributed by atoms with van der Waals surface area (Å²) in [6.07, 6.45) is 3.53. The molecule has 0 radical (unpaired) electrons. The van der Waals surface area contributed by atoms with Gasteiger partial charge in [0.2, 0.25) is 0 Å². The summed E-state index contributed by atoms with van der Waals surface area (Å²) in [5, 5.41) is 2.98. The number of methoxy groups -OCH3 is 1. The molecule has 0 saturated carbocycles. The first kappa shape index (κ1) is 17.5. The highest BCUT2D eigenvalue weighted by molar-refractivity contribution is 5.92. The number of para-hydroxylation sites is 2. The van der Waals surface area contributed by atoms with Crippen LogP contribution in [-0.2, 0) is 11.2 Å². The predicted molar refractivity (Wildman–Crippen MR) is 100 cm³/mol. The molecule has 0 spiro atoms. The second-order valence-electron chi connectivity index (χ2n) is 6.81. The highest BCUT2D eigenvalue weighted by Gasteiger charge is 2.24. The zero-order valence-corrected chi connectivity index (χ0v) is 14.8. The van der Waals surface area contributed by atoms with Crippen LogP contribution in [0.1, 0.15) is 18.4 Å². The molecule has 0 bridgehead atoms. The van der Waals surface area contributed by atoms with Gasteiger partial charge in [0.05, 0.1) is 25.9 Å². The monoisotopic (exact) mass is 339 g/mol. The lowest BCUT2D eigenvalue weighted by Gasteiger charge is -2.29. The normalized spacial score (nSPS) is 20.0. The van der Waals surface area contributed by atoms with Crippen molar-refractivity contribution >= 4 is 11.6 Å². The lowest BCUT2D eigenvalue weighted by molar-refractivity contribution is -0.898. The van der Waals surface area contributed by atoms with Crippen LogP contribution in [0.2, 0.25) is 0 Å². The Bertz CT molecular complexity index is 679. The van der Waals surface area contributed by atoms with Gasteiger partial charge in [-0.25, -0.2) is 0 Å². The number of piperidine rings is 1. The van der Waals surface area contributed by atoms with Crippen LogP contribution in [0.15, 0.2) is 54.6 Å². The van der Waals surface area contributed by atoms with Gasteiger partial charge in [-0.3, -0.25) is 4.79 Å². The van der Waals surface area contributed by atoms with Crippen molar-refractivity contribution in [2.45, 2.75) is 19.3 Å². The van der Waals surface area contributed by atoms with Crippen LogP contribution in [0.25, 0.3) is 0 Å². The Morgan fingerprint density at radius 3 is 2.48 bits per heavy atom. The second kappa shape index (κ2) is 8.67. The first-order valence-electron chi connectivity index (χ1n) is 9.05. The molecule has 4 heteroatoms. The van der Waals surface area contributed by atoms with Gasteiger partial charge in [0.15, 0.2) is 6.54 Å². The first-order valence-corrected chi connectivity index (χ1v) is 9.05. The van der Waals surface area contributed by atoms with Crippen LogP contribution < -0.4 is 15.0 Å². The number of quaternary nitrogens is 1. The topological polar surface area (TPSA) is 42.8 Å². The quantitative estimate of drug-likeness (QED) is 0.847. The highest BCUT2D eigenvalue weighted by atomic mass is 16.5. The summed E-state index contributed by atoms with van der Waals surface area (Å²) >= 11 is 0. The van der Waals surface area contributed by atoms with Gasteiger partial charge in [-0.2, -0.15) is 0 Å². The molecule has 4 nitrogen and oxygen atoms in total. The van der Waals surface area contributed by atoms with E-state index in [0.29, 0.717) is 12.3 Å². The molecule has 3 rings (SSSR count). The molecule has 1 aliphatic heterocycles. The Balaban J connectivity index is 1.45. The summed E-state index contributed by atoms with van der Waals surface area (Å²) in [4.78, 5) is 13.7. The lowest BCUT2D eigenvalue weighted by Crippen LogP contribution is -3.14. The van der Waals surface area contributed by atoms with E-state index in [1.807, 2.05) is 24.3 Å². The van der Waals surface area contributed by atoms with Gasteiger partial charge < -0.3 is 15.0 Å². The fourth-order valence-corrected chi connectivity index (χ4v) is 3.58. The number of nitrogens with one attached hydrogen (secondary N) is 2. The van der Waals surface area contributed by atoms with E-state index >= 15 is 0 Å². The van der Waals surface area contributed by atoms with E-state index in [1.165, 1.54) is 23.3 Å². The summed E-state index contributed by atoms with van der Waals surface area (Å²) < 4.78 is 5.29. The lowest BCUT2D eigenvalue weighted by atomic mass is 9.90. The van der Waals surface area contributed by atoms with Crippen molar-refractivity contribution in [3.8, 4) is 5.75 Å². The van der Waals surface area contributed by atoms with Crippen LogP contribution in [-0.4, -0.2) is 32.7 Å². The molecular weight excluding hydrogens is 312 g/mol. The summed E-state index contributed by atoms with van der Waals surface area (Å²) in [5.74, 6) is 1.50. The average Bonchev–Trinajstić information content (AvgIpc) is 2.64. The van der Waals surface area contributed by atoms with E-state index in [1.54, 1.807) is 7.11 Å². The number of hydrogen-bond donors (Lipinski definition) is 2. The van der Waals surface area contributed by atoms with Gasteiger partial charge >= 0.3 is 0 Å². The molecule has 2 N–H and O–H groups in total. The van der Waals surface area contributed by atoms with Gasteiger partial charge in [0.1, 0.15) is 5.75 Å². The van der Waals surface area contributed by atoms with Crippen molar-refractivity contribution in [2.24, 2.45) is 5.92 Å². The van der Waals surface area contributed by atoms with Gasteiger partial charge in [-0.05, 0) is 42.9 Å². The number of benzene rings is 2. The molecule has 132 valence electrons. The zero-order valence-electron chi connectivity index (χ0n) is 14.8. The Morgan fingerprint density at radius 2 is 1.76 bits per heavy atom. The van der Waals surface area contributed by atoms with Crippen LogP contribution in [0.4, 0.5) is 5.69 Å². The van der Waals surface area contributed by atoms with Crippen LogP contribution in [0, 0.1) is 5.92 Å². The molecule has 1 aliphatic rings. The second-order valence-corrected chi connectivity index (χ2v) is 6.81. The maximum atomic E-state index is 12.3. The Hall–Kier alpha value is -2.33. The Labute approximate surface area is 149 Å². The van der Waals surface area contributed by atoms with E-state index in [9.17, 15) is 4.79 Å². The van der Waals surface area contributed by atoms with Crippen LogP contribution in [0.5, 0.6) is 5.75 Å². The maximum absolute atomic E-state index is 12.3. The molecule has 0 unspecified atom stereocenters. The van der Waals surface area contributed by atoms with Gasteiger partial charge in [0, 0.05) is 0 Å². The van der Waals surface area contributed by atoms with E-state index in [0.717, 1.165) is 31.1 Å². The van der Waals surface area contributed by atoms with Gasteiger partial charge in [-0.1, -0.05) is 42.5 Å². The smallest absolute Gasteiger partial charge is 0.279 e. The molecule has 2 aromatic rings. The molecule has 1 amide bonds. The minimum Gasteiger partial charge on any atom is -0.495 e. The van der Waals surface area contributed by atoms with Crippen molar-refractivity contribution in [1.82, 2.24) is 0 Å². The van der Waals surface area contributed by atoms with E-state index in [-0.39, 0.29) is 5.91 Å². The minimum atomic E-state index is 0.0565. The minimum absolute atomic E-state index is 0.0565. The molecule has 1 saturated heterocycles. The molecule has 0 atom stereocenters. The Morgan fingerprint density at radius 1 is 1.08 bits per heavy atom. The number of anilines is 1. The molecule has 1 heterocycles. The molecule has 25 heavy (non-hydrogen) atoms. The van der Waals surface area contributed by atoms with E-state index < -0.39 is 0 Å². The van der Waals surface area contributed by atoms with Crippen LogP contribution in [0.3, 0.4) is 0 Å². The zero-order chi connectivity index (χ0) is 17.5. The fourth-order valence-electron chi connectivity index (χ4n) is 3.58. The summed E-state index contributed by atoms with van der Waals surface area (Å²) in [5.41, 5.74) is 2.17. The van der Waals surface area contributed by atoms with Gasteiger partial charge in [-0.15, -0.1) is 0 Å². The Kier molecular flexibility index (Phi) is 6.07. The standard InChI is InChI=1S/C21H26N2O2/c1-25-20-10-6-5-9-19(20)22-21(24)16-23-13-11-18(12-14-23)15-17-7-3-2-4-8-17/h2-10,18H,11-16H2,1H3,(H,22,24)/p+1. The number of rotatable bonds is 6. The maximum Gasteiger partial charge on any atom is 0.279 e. The van der Waals surface area contributed by atoms with E-state index in [2.05, 4.69) is 35.6 Å². The molecule has 0 aliphatic carbocycles. The van der Waals surface area contributed by atoms with Crippen molar-refractivity contribution in [3.63, 3.8) is 0 Å². The number of carbonyl (C=O) groups is 1. The molecule has 2 aromatic carbocycles. The molecular formula is C21H27N2O2+. The first-order chi connectivity index (χ1) is 12.2. The number of ether oxygens (including phenoxy) is 1. The number of carbonyl (C=O) groups excluding carboxylic acids is 1. The third kappa shape index (κ3) is 5.07. The van der Waals surface area contributed by atoms with Crippen molar-refractivity contribution in [2.75, 3.05) is 32.1 Å².